The average Bonchev–Trinajstić information content (AvgIpc) is 2.56. The Labute approximate surface area is 131 Å². The Hall–Kier alpha value is -2.33. The van der Waals surface area contributed by atoms with Gasteiger partial charge >= 0.3 is 0 Å². The standard InChI is InChI=1S/C18H22N2O2/c1-18(20-17(21)13-19,15-6-4-3-5-7-15)12-14-8-10-16(22-2)11-9-14/h3-11H,12-13,19H2,1-2H3,(H,20,21). The van der Waals surface area contributed by atoms with Crippen LogP contribution in [0.4, 0.5) is 0 Å². The van der Waals surface area contributed by atoms with Crippen LogP contribution in [0.3, 0.4) is 0 Å². The third-order valence-corrected chi connectivity index (χ3v) is 3.73. The largest absolute Gasteiger partial charge is 0.497 e. The van der Waals surface area contributed by atoms with Crippen LogP contribution in [0.5, 0.6) is 5.75 Å². The van der Waals surface area contributed by atoms with Crippen molar-refractivity contribution in [3.8, 4) is 5.75 Å². The Morgan fingerprint density at radius 2 is 1.77 bits per heavy atom. The molecule has 0 spiro atoms. The van der Waals surface area contributed by atoms with Gasteiger partial charge in [0.05, 0.1) is 19.2 Å². The summed E-state index contributed by atoms with van der Waals surface area (Å²) in [6.45, 7) is 1.99. The zero-order valence-electron chi connectivity index (χ0n) is 13.0. The molecule has 1 unspecified atom stereocenters. The second-order valence-electron chi connectivity index (χ2n) is 5.48. The molecule has 3 N–H and O–H groups in total. The molecule has 0 aromatic heterocycles. The molecule has 2 rings (SSSR count). The van der Waals surface area contributed by atoms with Gasteiger partial charge in [-0.1, -0.05) is 42.5 Å². The quantitative estimate of drug-likeness (QED) is 0.859. The first-order valence-electron chi connectivity index (χ1n) is 7.27. The maximum absolute atomic E-state index is 11.8. The maximum atomic E-state index is 11.8. The van der Waals surface area contributed by atoms with Crippen molar-refractivity contribution >= 4 is 5.91 Å². The van der Waals surface area contributed by atoms with E-state index in [4.69, 9.17) is 10.5 Å². The number of carbonyl (C=O) groups excluding carboxylic acids is 1. The topological polar surface area (TPSA) is 64.3 Å². The molecular formula is C18H22N2O2. The molecule has 0 aliphatic carbocycles. The van der Waals surface area contributed by atoms with E-state index >= 15 is 0 Å². The molecule has 4 nitrogen and oxygen atoms in total. The van der Waals surface area contributed by atoms with Crippen molar-refractivity contribution in [1.29, 1.82) is 0 Å². The van der Waals surface area contributed by atoms with Crippen molar-refractivity contribution in [2.75, 3.05) is 13.7 Å². The summed E-state index contributed by atoms with van der Waals surface area (Å²) in [4.78, 5) is 11.8. The van der Waals surface area contributed by atoms with Crippen LogP contribution < -0.4 is 15.8 Å². The van der Waals surface area contributed by atoms with Gasteiger partial charge in [-0.3, -0.25) is 4.79 Å². The highest BCUT2D eigenvalue weighted by Crippen LogP contribution is 2.26. The van der Waals surface area contributed by atoms with Gasteiger partial charge in [-0.2, -0.15) is 0 Å². The predicted octanol–water partition coefficient (Wildman–Crippen LogP) is 2.23. The first kappa shape index (κ1) is 16.0. The van der Waals surface area contributed by atoms with Gasteiger partial charge in [0.25, 0.3) is 0 Å². The summed E-state index contributed by atoms with van der Waals surface area (Å²) in [5.41, 5.74) is 7.12. The summed E-state index contributed by atoms with van der Waals surface area (Å²) in [5.74, 6) is 0.649. The van der Waals surface area contributed by atoms with Gasteiger partial charge < -0.3 is 15.8 Å². The summed E-state index contributed by atoms with van der Waals surface area (Å²) in [6.07, 6.45) is 0.673. The third-order valence-electron chi connectivity index (χ3n) is 3.73. The predicted molar refractivity (Wildman–Crippen MR) is 87.7 cm³/mol. The van der Waals surface area contributed by atoms with Crippen LogP contribution in [0, 0.1) is 0 Å². The highest BCUT2D eigenvalue weighted by atomic mass is 16.5. The molecule has 0 fully saturated rings. The van der Waals surface area contributed by atoms with Crippen molar-refractivity contribution in [2.45, 2.75) is 18.9 Å². The summed E-state index contributed by atoms with van der Waals surface area (Å²) in [5, 5.41) is 3.04. The van der Waals surface area contributed by atoms with Gasteiger partial charge in [-0.05, 0) is 36.6 Å². The van der Waals surface area contributed by atoms with E-state index < -0.39 is 5.54 Å². The van der Waals surface area contributed by atoms with Crippen molar-refractivity contribution < 1.29 is 9.53 Å². The molecule has 0 bridgehead atoms. The first-order valence-corrected chi connectivity index (χ1v) is 7.27. The Morgan fingerprint density at radius 3 is 2.32 bits per heavy atom. The fraction of sp³-hybridized carbons (Fsp3) is 0.278. The number of hydrogen-bond donors (Lipinski definition) is 2. The van der Waals surface area contributed by atoms with Gasteiger partial charge in [0.15, 0.2) is 0 Å². The van der Waals surface area contributed by atoms with E-state index in [1.807, 2.05) is 61.5 Å². The summed E-state index contributed by atoms with van der Waals surface area (Å²) in [7, 11) is 1.64. The highest BCUT2D eigenvalue weighted by Gasteiger charge is 2.28. The molecule has 116 valence electrons. The van der Waals surface area contributed by atoms with Crippen LogP contribution in [0.25, 0.3) is 0 Å². The van der Waals surface area contributed by atoms with Crippen LogP contribution in [-0.4, -0.2) is 19.6 Å². The Morgan fingerprint density at radius 1 is 1.14 bits per heavy atom. The minimum absolute atomic E-state index is 0.0228. The minimum Gasteiger partial charge on any atom is -0.497 e. The molecule has 22 heavy (non-hydrogen) atoms. The van der Waals surface area contributed by atoms with E-state index in [1.54, 1.807) is 7.11 Å². The zero-order valence-corrected chi connectivity index (χ0v) is 13.0. The van der Waals surface area contributed by atoms with E-state index in [-0.39, 0.29) is 12.5 Å². The Bertz CT molecular complexity index is 611. The Kier molecular flexibility index (Phi) is 5.17. The number of carbonyl (C=O) groups is 1. The van der Waals surface area contributed by atoms with Crippen LogP contribution >= 0.6 is 0 Å². The van der Waals surface area contributed by atoms with E-state index in [9.17, 15) is 4.79 Å². The monoisotopic (exact) mass is 298 g/mol. The number of amides is 1. The number of methoxy groups -OCH3 is 1. The molecule has 0 aliphatic rings. The molecule has 2 aromatic carbocycles. The summed E-state index contributed by atoms with van der Waals surface area (Å²) < 4.78 is 5.18. The van der Waals surface area contributed by atoms with Gasteiger partial charge in [0.2, 0.25) is 5.91 Å². The highest BCUT2D eigenvalue weighted by molar-refractivity contribution is 5.78. The minimum atomic E-state index is -0.508. The lowest BCUT2D eigenvalue weighted by Crippen LogP contribution is -2.47. The summed E-state index contributed by atoms with van der Waals surface area (Å²) >= 11 is 0. The van der Waals surface area contributed by atoms with Gasteiger partial charge in [0.1, 0.15) is 5.75 Å². The lowest BCUT2D eigenvalue weighted by molar-refractivity contribution is -0.121. The van der Waals surface area contributed by atoms with Crippen LogP contribution in [0.2, 0.25) is 0 Å². The van der Waals surface area contributed by atoms with Gasteiger partial charge in [-0.15, -0.1) is 0 Å². The molecule has 0 heterocycles. The molecule has 1 atom stereocenters. The maximum Gasteiger partial charge on any atom is 0.234 e. The van der Waals surface area contributed by atoms with Crippen LogP contribution in [0.15, 0.2) is 54.6 Å². The third kappa shape index (κ3) is 3.86. The van der Waals surface area contributed by atoms with Crippen molar-refractivity contribution in [2.24, 2.45) is 5.73 Å². The lowest BCUT2D eigenvalue weighted by Gasteiger charge is -2.32. The molecule has 1 amide bonds. The molecule has 4 heteroatoms. The van der Waals surface area contributed by atoms with Crippen LogP contribution in [0.1, 0.15) is 18.1 Å². The van der Waals surface area contributed by atoms with E-state index in [2.05, 4.69) is 5.32 Å². The van der Waals surface area contributed by atoms with Crippen molar-refractivity contribution in [3.05, 3.63) is 65.7 Å². The number of nitrogens with one attached hydrogen (secondary N) is 1. The number of benzene rings is 2. The number of nitrogens with two attached hydrogens (primary N) is 1. The summed E-state index contributed by atoms with van der Waals surface area (Å²) in [6, 6.07) is 17.8. The normalized spacial score (nSPS) is 13.2. The van der Waals surface area contributed by atoms with Crippen molar-refractivity contribution in [3.63, 3.8) is 0 Å². The SMILES string of the molecule is COc1ccc(CC(C)(NC(=O)CN)c2ccccc2)cc1. The van der Waals surface area contributed by atoms with Crippen LogP contribution in [-0.2, 0) is 16.8 Å². The second kappa shape index (κ2) is 7.09. The molecule has 0 saturated heterocycles. The lowest BCUT2D eigenvalue weighted by atomic mass is 9.85. The molecular weight excluding hydrogens is 276 g/mol. The first-order chi connectivity index (χ1) is 10.6. The second-order valence-corrected chi connectivity index (χ2v) is 5.48. The van der Waals surface area contributed by atoms with E-state index in [1.165, 1.54) is 0 Å². The number of hydrogen-bond acceptors (Lipinski definition) is 3. The van der Waals surface area contributed by atoms with E-state index in [0.29, 0.717) is 6.42 Å². The number of rotatable bonds is 6. The van der Waals surface area contributed by atoms with Gasteiger partial charge in [-0.25, -0.2) is 0 Å². The molecule has 0 radical (unpaired) electrons. The zero-order chi connectivity index (χ0) is 16.0. The Balaban J connectivity index is 2.29. The molecule has 0 aliphatic heterocycles. The van der Waals surface area contributed by atoms with E-state index in [0.717, 1.165) is 16.9 Å². The average molecular weight is 298 g/mol. The molecule has 0 saturated carbocycles. The fourth-order valence-corrected chi connectivity index (χ4v) is 2.53. The van der Waals surface area contributed by atoms with Gasteiger partial charge in [0, 0.05) is 0 Å². The smallest absolute Gasteiger partial charge is 0.234 e. The van der Waals surface area contributed by atoms with Crippen molar-refractivity contribution in [1.82, 2.24) is 5.32 Å². The molecule has 2 aromatic rings. The fourth-order valence-electron chi connectivity index (χ4n) is 2.53. The number of ether oxygens (including phenoxy) is 1.